The van der Waals surface area contributed by atoms with E-state index in [2.05, 4.69) is 59.0 Å². The minimum absolute atomic E-state index is 0.197. The van der Waals surface area contributed by atoms with E-state index in [4.69, 9.17) is 16.6 Å². The second-order valence-corrected chi connectivity index (χ2v) is 12.2. The molecular formula is C18H30OSSi. The van der Waals surface area contributed by atoms with Gasteiger partial charge in [-0.25, -0.2) is 0 Å². The van der Waals surface area contributed by atoms with Crippen molar-refractivity contribution < 1.29 is 4.43 Å². The van der Waals surface area contributed by atoms with Gasteiger partial charge in [0.25, 0.3) is 8.32 Å². The van der Waals surface area contributed by atoms with Gasteiger partial charge in [0.05, 0.1) is 0 Å². The fourth-order valence-corrected chi connectivity index (χ4v) is 3.24. The van der Waals surface area contributed by atoms with Gasteiger partial charge < -0.3 is 4.43 Å². The molecule has 0 amide bonds. The van der Waals surface area contributed by atoms with Gasteiger partial charge in [0.15, 0.2) is 0 Å². The van der Waals surface area contributed by atoms with Crippen molar-refractivity contribution in [3.63, 3.8) is 0 Å². The number of rotatable bonds is 7. The first-order valence-electron chi connectivity index (χ1n) is 7.99. The van der Waals surface area contributed by atoms with Crippen LogP contribution >= 0.6 is 12.2 Å². The van der Waals surface area contributed by atoms with Crippen molar-refractivity contribution >= 4 is 25.9 Å². The van der Waals surface area contributed by atoms with Crippen LogP contribution in [0.15, 0.2) is 18.2 Å². The van der Waals surface area contributed by atoms with Crippen molar-refractivity contribution in [2.45, 2.75) is 71.5 Å². The van der Waals surface area contributed by atoms with Crippen molar-refractivity contribution in [3.05, 3.63) is 29.3 Å². The Morgan fingerprint density at radius 1 is 1.19 bits per heavy atom. The summed E-state index contributed by atoms with van der Waals surface area (Å²) in [6.07, 6.45) is 4.80. The zero-order chi connectivity index (χ0) is 16.1. The number of thiocarbonyl (C=S) groups is 1. The predicted molar refractivity (Wildman–Crippen MR) is 100 cm³/mol. The lowest BCUT2D eigenvalue weighted by Gasteiger charge is -2.37. The van der Waals surface area contributed by atoms with Gasteiger partial charge in [-0.15, -0.1) is 0 Å². The fourth-order valence-electron chi connectivity index (χ4n) is 1.99. The smallest absolute Gasteiger partial charge is 0.250 e. The van der Waals surface area contributed by atoms with Gasteiger partial charge in [0.2, 0.25) is 0 Å². The van der Waals surface area contributed by atoms with Crippen LogP contribution in [-0.2, 0) is 6.42 Å². The van der Waals surface area contributed by atoms with E-state index in [1.54, 1.807) is 5.37 Å². The van der Waals surface area contributed by atoms with Crippen molar-refractivity contribution in [1.29, 1.82) is 0 Å². The second kappa shape index (κ2) is 7.55. The molecule has 0 aliphatic heterocycles. The molecule has 0 saturated heterocycles. The van der Waals surface area contributed by atoms with Crippen molar-refractivity contribution in [3.8, 4) is 5.75 Å². The molecule has 0 atom stereocenters. The van der Waals surface area contributed by atoms with Gasteiger partial charge in [0.1, 0.15) is 5.75 Å². The molecule has 1 nitrogen and oxygen atoms in total. The Hall–Kier alpha value is -0.673. The summed E-state index contributed by atoms with van der Waals surface area (Å²) in [6.45, 7) is 13.6. The maximum atomic E-state index is 6.59. The molecule has 1 aromatic carbocycles. The summed E-state index contributed by atoms with van der Waals surface area (Å²) in [5.41, 5.74) is 2.37. The molecule has 0 fully saturated rings. The summed E-state index contributed by atoms with van der Waals surface area (Å²) in [5.74, 6) is 1.04. The van der Waals surface area contributed by atoms with Gasteiger partial charge in [-0.1, -0.05) is 71.0 Å². The molecule has 1 rings (SSSR count). The highest BCUT2D eigenvalue weighted by Gasteiger charge is 2.39. The molecule has 0 radical (unpaired) electrons. The largest absolute Gasteiger partial charge is 0.543 e. The first-order valence-corrected chi connectivity index (χ1v) is 11.4. The minimum atomic E-state index is -1.84. The molecule has 118 valence electrons. The average molecular weight is 323 g/mol. The van der Waals surface area contributed by atoms with Gasteiger partial charge in [-0.2, -0.15) is 0 Å². The Balaban J connectivity index is 3.10. The summed E-state index contributed by atoms with van der Waals surface area (Å²) in [4.78, 5) is 0. The highest BCUT2D eigenvalue weighted by atomic mass is 32.1. The highest BCUT2D eigenvalue weighted by Crippen LogP contribution is 2.39. The maximum absolute atomic E-state index is 6.59. The molecule has 3 heteroatoms. The third kappa shape index (κ3) is 4.92. The zero-order valence-corrected chi connectivity index (χ0v) is 16.3. The Labute approximate surface area is 137 Å². The number of para-hydroxylation sites is 1. The molecule has 0 aliphatic rings. The summed E-state index contributed by atoms with van der Waals surface area (Å²) in [6, 6.07) is 6.36. The number of hydrogen-bond acceptors (Lipinski definition) is 2. The number of aryl methyl sites for hydroxylation is 1. The molecular weight excluding hydrogens is 292 g/mol. The molecule has 0 N–H and O–H groups in total. The standard InChI is InChI=1S/C18H30OSSi/c1-7-8-9-11-15-12-10-13-16(14-20)17(15)19-21(5,6)18(2,3)4/h10,12-14H,7-9,11H2,1-6H3. The van der Waals surface area contributed by atoms with E-state index in [-0.39, 0.29) is 5.04 Å². The Morgan fingerprint density at radius 2 is 1.86 bits per heavy atom. The lowest BCUT2D eigenvalue weighted by molar-refractivity contribution is 0.485. The van der Waals surface area contributed by atoms with Gasteiger partial charge in [-0.05, 0) is 36.5 Å². The van der Waals surface area contributed by atoms with Crippen LogP contribution < -0.4 is 4.43 Å². The van der Waals surface area contributed by atoms with E-state index in [0.717, 1.165) is 17.7 Å². The first-order chi connectivity index (χ1) is 9.73. The van der Waals surface area contributed by atoms with Crippen LogP contribution in [0, 0.1) is 0 Å². The highest BCUT2D eigenvalue weighted by molar-refractivity contribution is 7.79. The van der Waals surface area contributed by atoms with Gasteiger partial charge in [0, 0.05) is 10.9 Å². The van der Waals surface area contributed by atoms with E-state index in [1.165, 1.54) is 24.8 Å². The number of unbranched alkanes of at least 4 members (excludes halogenated alkanes) is 2. The Kier molecular flexibility index (Phi) is 6.60. The lowest BCUT2D eigenvalue weighted by Crippen LogP contribution is -2.44. The third-order valence-corrected chi connectivity index (χ3v) is 9.05. The average Bonchev–Trinajstić information content (AvgIpc) is 2.39. The molecule has 0 aliphatic carbocycles. The lowest BCUT2D eigenvalue weighted by atomic mass is 10.0. The summed E-state index contributed by atoms with van der Waals surface area (Å²) in [5, 5.41) is 1.95. The molecule has 0 spiro atoms. The second-order valence-electron chi connectivity index (χ2n) is 7.27. The van der Waals surface area contributed by atoms with Crippen LogP contribution in [0.4, 0.5) is 0 Å². The Morgan fingerprint density at radius 3 is 2.38 bits per heavy atom. The van der Waals surface area contributed by atoms with Crippen molar-refractivity contribution in [2.24, 2.45) is 0 Å². The quantitative estimate of drug-likeness (QED) is 0.338. The van der Waals surface area contributed by atoms with E-state index >= 15 is 0 Å². The summed E-state index contributed by atoms with van der Waals surface area (Å²) < 4.78 is 6.59. The first kappa shape index (κ1) is 18.4. The maximum Gasteiger partial charge on any atom is 0.250 e. The van der Waals surface area contributed by atoms with E-state index in [1.807, 2.05) is 0 Å². The zero-order valence-electron chi connectivity index (χ0n) is 14.5. The molecule has 0 heterocycles. The molecule has 0 saturated carbocycles. The van der Waals surface area contributed by atoms with Crippen molar-refractivity contribution in [2.75, 3.05) is 0 Å². The minimum Gasteiger partial charge on any atom is -0.543 e. The summed E-state index contributed by atoms with van der Waals surface area (Å²) in [7, 11) is -1.84. The van der Waals surface area contributed by atoms with E-state index in [9.17, 15) is 0 Å². The van der Waals surface area contributed by atoms with Crippen LogP contribution in [0.3, 0.4) is 0 Å². The predicted octanol–water partition coefficient (Wildman–Crippen LogP) is 6.15. The third-order valence-electron chi connectivity index (χ3n) is 4.47. The molecule has 0 unspecified atom stereocenters. The molecule has 0 bridgehead atoms. The molecule has 1 aromatic rings. The molecule has 0 aromatic heterocycles. The monoisotopic (exact) mass is 322 g/mol. The van der Waals surface area contributed by atoms with Crippen LogP contribution in [0.2, 0.25) is 18.1 Å². The SMILES string of the molecule is CCCCCc1cccc(C=S)c1O[Si](C)(C)C(C)(C)C. The number of hydrogen-bond donors (Lipinski definition) is 0. The van der Waals surface area contributed by atoms with Crippen LogP contribution in [0.5, 0.6) is 5.75 Å². The van der Waals surface area contributed by atoms with Crippen molar-refractivity contribution in [1.82, 2.24) is 0 Å². The summed E-state index contributed by atoms with van der Waals surface area (Å²) >= 11 is 5.19. The van der Waals surface area contributed by atoms with Gasteiger partial charge in [-0.3, -0.25) is 0 Å². The number of benzene rings is 1. The van der Waals surface area contributed by atoms with Crippen LogP contribution in [0.25, 0.3) is 0 Å². The van der Waals surface area contributed by atoms with E-state index < -0.39 is 8.32 Å². The van der Waals surface area contributed by atoms with Crippen LogP contribution in [0.1, 0.15) is 58.1 Å². The van der Waals surface area contributed by atoms with Crippen LogP contribution in [-0.4, -0.2) is 13.7 Å². The van der Waals surface area contributed by atoms with Gasteiger partial charge >= 0.3 is 0 Å². The molecule has 21 heavy (non-hydrogen) atoms. The topological polar surface area (TPSA) is 9.23 Å². The normalized spacial score (nSPS) is 12.3. The fraction of sp³-hybridized carbons (Fsp3) is 0.611. The Bertz CT molecular complexity index is 475. The van der Waals surface area contributed by atoms with E-state index in [0.29, 0.717) is 0 Å².